The van der Waals surface area contributed by atoms with Crippen molar-refractivity contribution in [3.05, 3.63) is 117 Å². The van der Waals surface area contributed by atoms with Crippen LogP contribution in [0.25, 0.3) is 40.3 Å². The Balaban J connectivity index is 0.000000140. The molecule has 33 heavy (non-hydrogen) atoms. The molecule has 2 aromatic heterocycles. The zero-order valence-corrected chi connectivity index (χ0v) is 20.0. The minimum atomic E-state index is 0.139. The highest BCUT2D eigenvalue weighted by atomic mass is 32.1. The van der Waals surface area contributed by atoms with Gasteiger partial charge in [0, 0.05) is 40.3 Å². The van der Waals surface area contributed by atoms with Crippen LogP contribution in [0.15, 0.2) is 101 Å². The zero-order chi connectivity index (χ0) is 22.9. The summed E-state index contributed by atoms with van der Waals surface area (Å²) in [6, 6.07) is 29.4. The maximum atomic E-state index is 12.5. The van der Waals surface area contributed by atoms with Gasteiger partial charge in [-0.3, -0.25) is 9.59 Å². The van der Waals surface area contributed by atoms with Crippen molar-refractivity contribution in [1.82, 2.24) is 0 Å². The Kier molecular flexibility index (Phi) is 5.79. The van der Waals surface area contributed by atoms with Gasteiger partial charge in [-0.15, -0.1) is 22.7 Å². The molecule has 0 bridgehead atoms. The Morgan fingerprint density at radius 1 is 0.515 bits per heavy atom. The average molecular weight is 467 g/mol. The number of benzene rings is 4. The van der Waals surface area contributed by atoms with E-state index in [2.05, 4.69) is 19.9 Å². The Morgan fingerprint density at radius 2 is 0.939 bits per heavy atom. The van der Waals surface area contributed by atoms with Crippen molar-refractivity contribution in [1.29, 1.82) is 0 Å². The zero-order valence-electron chi connectivity index (χ0n) is 18.4. The molecule has 6 aromatic rings. The molecule has 0 aliphatic heterocycles. The van der Waals surface area contributed by atoms with E-state index in [1.165, 1.54) is 5.56 Å². The van der Waals surface area contributed by atoms with E-state index in [1.807, 2.05) is 84.9 Å². The molecule has 0 radical (unpaired) electrons. The summed E-state index contributed by atoms with van der Waals surface area (Å²) >= 11 is 3.39. The van der Waals surface area contributed by atoms with Crippen LogP contribution < -0.4 is 10.9 Å². The van der Waals surface area contributed by atoms with Gasteiger partial charge in [0.25, 0.3) is 0 Å². The van der Waals surface area contributed by atoms with Gasteiger partial charge in [-0.1, -0.05) is 62.4 Å². The van der Waals surface area contributed by atoms with Gasteiger partial charge in [-0.2, -0.15) is 0 Å². The van der Waals surface area contributed by atoms with Crippen molar-refractivity contribution in [3.8, 4) is 0 Å². The smallest absolute Gasteiger partial charge is 0.195 e. The second kappa shape index (κ2) is 8.89. The molecule has 0 spiro atoms. The van der Waals surface area contributed by atoms with E-state index >= 15 is 0 Å². The van der Waals surface area contributed by atoms with Crippen LogP contribution in [0.2, 0.25) is 0 Å². The predicted octanol–water partition coefficient (Wildman–Crippen LogP) is 7.95. The first-order valence-corrected chi connectivity index (χ1v) is 12.5. The Labute approximate surface area is 199 Å². The Morgan fingerprint density at radius 3 is 1.45 bits per heavy atom. The van der Waals surface area contributed by atoms with Gasteiger partial charge < -0.3 is 0 Å². The van der Waals surface area contributed by atoms with E-state index in [1.54, 1.807) is 22.7 Å². The largest absolute Gasteiger partial charge is 0.289 e. The molecule has 0 saturated heterocycles. The van der Waals surface area contributed by atoms with Crippen molar-refractivity contribution in [2.45, 2.75) is 19.8 Å². The topological polar surface area (TPSA) is 34.1 Å². The molecule has 0 saturated carbocycles. The third-order valence-corrected chi connectivity index (χ3v) is 8.13. The van der Waals surface area contributed by atoms with E-state index < -0.39 is 0 Å². The molecule has 0 aliphatic rings. The monoisotopic (exact) mass is 466 g/mol. The van der Waals surface area contributed by atoms with Gasteiger partial charge in [0.15, 0.2) is 10.9 Å². The van der Waals surface area contributed by atoms with Crippen molar-refractivity contribution in [2.75, 3.05) is 0 Å². The van der Waals surface area contributed by atoms with Gasteiger partial charge in [0.05, 0.1) is 0 Å². The van der Waals surface area contributed by atoms with Crippen LogP contribution in [-0.2, 0) is 0 Å². The van der Waals surface area contributed by atoms with Crippen molar-refractivity contribution in [3.63, 3.8) is 0 Å². The van der Waals surface area contributed by atoms with Crippen molar-refractivity contribution in [2.24, 2.45) is 0 Å². The molecular formula is C29H22O2S2. The number of rotatable bonds is 1. The van der Waals surface area contributed by atoms with Gasteiger partial charge in [0.2, 0.25) is 0 Å². The summed E-state index contributed by atoms with van der Waals surface area (Å²) in [7, 11) is 0. The normalized spacial score (nSPS) is 11.2. The molecular weight excluding hydrogens is 444 g/mol. The highest BCUT2D eigenvalue weighted by Crippen LogP contribution is 2.31. The van der Waals surface area contributed by atoms with Gasteiger partial charge in [-0.05, 0) is 53.9 Å². The van der Waals surface area contributed by atoms with E-state index in [4.69, 9.17) is 0 Å². The van der Waals surface area contributed by atoms with Crippen LogP contribution in [0.1, 0.15) is 25.3 Å². The van der Waals surface area contributed by atoms with Crippen LogP contribution in [0.3, 0.4) is 0 Å². The lowest BCUT2D eigenvalue weighted by molar-refractivity contribution is 0.878. The standard InChI is InChI=1S/C16H14OS.C13H8OS/c1-10(2)11-7-5-8-13-15(17)12-6-3-4-9-14(12)18-16(11)13;14-13-9-5-1-3-7-11(9)15-12-8-4-2-6-10(12)13/h3-10H,1-2H3;1-8H. The fraction of sp³-hybridized carbons (Fsp3) is 0.103. The van der Waals surface area contributed by atoms with E-state index in [-0.39, 0.29) is 10.9 Å². The van der Waals surface area contributed by atoms with E-state index in [0.717, 1.165) is 40.3 Å². The van der Waals surface area contributed by atoms with E-state index in [0.29, 0.717) is 5.92 Å². The fourth-order valence-corrected chi connectivity index (χ4v) is 6.45. The maximum Gasteiger partial charge on any atom is 0.195 e. The quantitative estimate of drug-likeness (QED) is 0.230. The molecule has 0 unspecified atom stereocenters. The maximum absolute atomic E-state index is 12.5. The SMILES string of the molecule is CC(C)c1cccc2c(=O)c3ccccc3sc12.O=c1c2ccccc2sc2ccccc12. The average Bonchev–Trinajstić information content (AvgIpc) is 2.84. The molecule has 162 valence electrons. The number of hydrogen-bond donors (Lipinski definition) is 0. The van der Waals surface area contributed by atoms with Crippen LogP contribution in [0, 0.1) is 0 Å². The molecule has 0 N–H and O–H groups in total. The summed E-state index contributed by atoms with van der Waals surface area (Å²) < 4.78 is 4.32. The van der Waals surface area contributed by atoms with Crippen molar-refractivity contribution < 1.29 is 0 Å². The van der Waals surface area contributed by atoms with Crippen LogP contribution >= 0.6 is 22.7 Å². The first kappa shape index (κ1) is 21.5. The lowest BCUT2D eigenvalue weighted by Gasteiger charge is -2.09. The Bertz CT molecular complexity index is 1690. The summed E-state index contributed by atoms with van der Waals surface area (Å²) in [5.74, 6) is 0.436. The van der Waals surface area contributed by atoms with Gasteiger partial charge in [0.1, 0.15) is 0 Å². The third kappa shape index (κ3) is 3.97. The predicted molar refractivity (Wildman–Crippen MR) is 145 cm³/mol. The lowest BCUT2D eigenvalue weighted by Crippen LogP contribution is -2.02. The molecule has 2 heterocycles. The fourth-order valence-electron chi connectivity index (χ4n) is 4.05. The minimum absolute atomic E-state index is 0.139. The third-order valence-electron chi connectivity index (χ3n) is 5.74. The Hall–Kier alpha value is -3.34. The van der Waals surface area contributed by atoms with Crippen molar-refractivity contribution >= 4 is 63.0 Å². The minimum Gasteiger partial charge on any atom is -0.289 e. The molecule has 2 nitrogen and oxygen atoms in total. The lowest BCUT2D eigenvalue weighted by atomic mass is 10.0. The summed E-state index contributed by atoms with van der Waals surface area (Å²) in [6.45, 7) is 4.34. The summed E-state index contributed by atoms with van der Waals surface area (Å²) in [5, 5.41) is 3.32. The highest BCUT2D eigenvalue weighted by molar-refractivity contribution is 7.25. The van der Waals surface area contributed by atoms with Crippen LogP contribution in [0.4, 0.5) is 0 Å². The summed E-state index contributed by atoms with van der Waals surface area (Å²) in [6.07, 6.45) is 0. The number of fused-ring (bicyclic) bond motifs is 4. The van der Waals surface area contributed by atoms with Gasteiger partial charge >= 0.3 is 0 Å². The summed E-state index contributed by atoms with van der Waals surface area (Å²) in [4.78, 5) is 24.6. The molecule has 0 atom stereocenters. The van der Waals surface area contributed by atoms with Crippen LogP contribution in [0.5, 0.6) is 0 Å². The summed E-state index contributed by atoms with van der Waals surface area (Å²) in [5.41, 5.74) is 1.56. The molecule has 4 heteroatoms. The molecule has 0 amide bonds. The number of hydrogen-bond acceptors (Lipinski definition) is 4. The van der Waals surface area contributed by atoms with Crippen LogP contribution in [-0.4, -0.2) is 0 Å². The molecule has 0 fully saturated rings. The second-order valence-corrected chi connectivity index (χ2v) is 10.4. The first-order valence-electron chi connectivity index (χ1n) is 10.9. The van der Waals surface area contributed by atoms with Gasteiger partial charge in [-0.25, -0.2) is 0 Å². The second-order valence-electron chi connectivity index (χ2n) is 8.23. The van der Waals surface area contributed by atoms with E-state index in [9.17, 15) is 9.59 Å². The molecule has 6 rings (SSSR count). The molecule has 0 aliphatic carbocycles. The first-order chi connectivity index (χ1) is 16.0. The highest BCUT2D eigenvalue weighted by Gasteiger charge is 2.10. The molecule has 4 aromatic carbocycles.